The van der Waals surface area contributed by atoms with Crippen molar-refractivity contribution in [2.24, 2.45) is 0 Å². The summed E-state index contributed by atoms with van der Waals surface area (Å²) < 4.78 is 29.1. The van der Waals surface area contributed by atoms with Crippen LogP contribution < -0.4 is 10.1 Å². The molecule has 3 nitrogen and oxygen atoms in total. The summed E-state index contributed by atoms with van der Waals surface area (Å²) in [5.74, 6) is 0.244. The first-order valence-electron chi connectivity index (χ1n) is 7.20. The van der Waals surface area contributed by atoms with Crippen molar-refractivity contribution in [1.82, 2.24) is 10.2 Å². The Kier molecular flexibility index (Phi) is 5.73. The molecule has 1 aromatic rings. The maximum absolute atomic E-state index is 12.3. The zero-order valence-electron chi connectivity index (χ0n) is 11.8. The van der Waals surface area contributed by atoms with Crippen molar-refractivity contribution in [2.75, 3.05) is 26.2 Å². The predicted octanol–water partition coefficient (Wildman–Crippen LogP) is 3.03. The molecule has 0 bridgehead atoms. The van der Waals surface area contributed by atoms with Gasteiger partial charge in [0.2, 0.25) is 0 Å². The van der Waals surface area contributed by atoms with Gasteiger partial charge in [-0.2, -0.15) is 8.78 Å². The average molecular weight is 284 g/mol. The number of alkyl halides is 2. The Hall–Kier alpha value is -1.20. The van der Waals surface area contributed by atoms with Gasteiger partial charge in [-0.25, -0.2) is 0 Å². The van der Waals surface area contributed by atoms with Crippen LogP contribution in [0.1, 0.15) is 31.4 Å². The van der Waals surface area contributed by atoms with Gasteiger partial charge in [0.1, 0.15) is 5.75 Å². The second-order valence-corrected chi connectivity index (χ2v) is 5.04. The van der Waals surface area contributed by atoms with E-state index in [0.29, 0.717) is 0 Å². The molecule has 0 saturated carbocycles. The Bertz CT molecular complexity index is 409. The first kappa shape index (κ1) is 15.2. The van der Waals surface area contributed by atoms with Crippen molar-refractivity contribution in [3.05, 3.63) is 29.8 Å². The molecule has 1 heterocycles. The van der Waals surface area contributed by atoms with E-state index in [2.05, 4.69) is 21.9 Å². The van der Waals surface area contributed by atoms with Crippen molar-refractivity contribution in [2.45, 2.75) is 32.4 Å². The van der Waals surface area contributed by atoms with Crippen molar-refractivity contribution >= 4 is 0 Å². The van der Waals surface area contributed by atoms with Gasteiger partial charge in [0.05, 0.1) is 0 Å². The molecule has 1 aromatic carbocycles. The maximum Gasteiger partial charge on any atom is 0.387 e. The number of rotatable bonds is 6. The van der Waals surface area contributed by atoms with E-state index in [4.69, 9.17) is 0 Å². The number of hydrogen-bond donors (Lipinski definition) is 1. The number of benzene rings is 1. The van der Waals surface area contributed by atoms with Crippen molar-refractivity contribution < 1.29 is 13.5 Å². The molecule has 1 atom stereocenters. The van der Waals surface area contributed by atoms with Crippen LogP contribution in [0.25, 0.3) is 0 Å². The zero-order chi connectivity index (χ0) is 14.4. The number of halogens is 2. The summed E-state index contributed by atoms with van der Waals surface area (Å²) in [4.78, 5) is 2.42. The van der Waals surface area contributed by atoms with E-state index in [0.717, 1.165) is 44.6 Å². The lowest BCUT2D eigenvalue weighted by Crippen LogP contribution is -2.45. The van der Waals surface area contributed by atoms with Crippen LogP contribution in [0.5, 0.6) is 5.75 Å². The van der Waals surface area contributed by atoms with E-state index < -0.39 is 6.61 Å². The van der Waals surface area contributed by atoms with Crippen LogP contribution >= 0.6 is 0 Å². The highest BCUT2D eigenvalue weighted by molar-refractivity contribution is 5.30. The van der Waals surface area contributed by atoms with Crippen LogP contribution in [0.3, 0.4) is 0 Å². The van der Waals surface area contributed by atoms with Crippen molar-refractivity contribution in [3.8, 4) is 5.75 Å². The van der Waals surface area contributed by atoms with Crippen LogP contribution in [-0.4, -0.2) is 37.7 Å². The van der Waals surface area contributed by atoms with Gasteiger partial charge in [-0.15, -0.1) is 0 Å². The summed E-state index contributed by atoms with van der Waals surface area (Å²) in [6.07, 6.45) is 2.09. The summed E-state index contributed by atoms with van der Waals surface area (Å²) in [7, 11) is 0. The maximum atomic E-state index is 12.3. The fourth-order valence-electron chi connectivity index (χ4n) is 2.73. The molecule has 1 saturated heterocycles. The fraction of sp³-hybridized carbons (Fsp3) is 0.600. The van der Waals surface area contributed by atoms with Crippen LogP contribution in [0.15, 0.2) is 24.3 Å². The molecule has 0 aromatic heterocycles. The average Bonchev–Trinajstić information content (AvgIpc) is 2.45. The number of piperazine rings is 1. The van der Waals surface area contributed by atoms with Gasteiger partial charge in [-0.3, -0.25) is 4.90 Å². The van der Waals surface area contributed by atoms with E-state index in [-0.39, 0.29) is 11.8 Å². The summed E-state index contributed by atoms with van der Waals surface area (Å²) >= 11 is 0. The molecule has 0 spiro atoms. The van der Waals surface area contributed by atoms with Gasteiger partial charge in [0, 0.05) is 32.2 Å². The number of nitrogens with one attached hydrogen (secondary N) is 1. The molecule has 1 aliphatic rings. The number of hydrogen-bond acceptors (Lipinski definition) is 3. The van der Waals surface area contributed by atoms with E-state index in [1.54, 1.807) is 18.2 Å². The highest BCUT2D eigenvalue weighted by Crippen LogP contribution is 2.29. The van der Waals surface area contributed by atoms with E-state index >= 15 is 0 Å². The van der Waals surface area contributed by atoms with Crippen molar-refractivity contribution in [1.29, 1.82) is 0 Å². The predicted molar refractivity (Wildman–Crippen MR) is 75.2 cm³/mol. The molecule has 0 amide bonds. The standard InChI is InChI=1S/C15H22F2N2O/c1-2-4-14(19-9-7-18-8-10-19)12-5-3-6-13(11-12)20-15(16)17/h3,5-6,11,14-15,18H,2,4,7-10H2,1H3/t14-/m1/s1. The lowest BCUT2D eigenvalue weighted by atomic mass is 9.99. The summed E-state index contributed by atoms with van der Waals surface area (Å²) in [5, 5.41) is 3.34. The van der Waals surface area contributed by atoms with Gasteiger partial charge in [-0.1, -0.05) is 25.5 Å². The SMILES string of the molecule is CCC[C@H](c1cccc(OC(F)F)c1)N1CCNCC1. The Morgan fingerprint density at radius 3 is 2.70 bits per heavy atom. The molecule has 0 aliphatic carbocycles. The number of ether oxygens (including phenoxy) is 1. The Labute approximate surface area is 118 Å². The highest BCUT2D eigenvalue weighted by Gasteiger charge is 2.21. The zero-order valence-corrected chi connectivity index (χ0v) is 11.8. The van der Waals surface area contributed by atoms with Crippen molar-refractivity contribution in [3.63, 3.8) is 0 Å². The van der Waals surface area contributed by atoms with E-state index in [1.807, 2.05) is 6.07 Å². The fourth-order valence-corrected chi connectivity index (χ4v) is 2.73. The molecular weight excluding hydrogens is 262 g/mol. The normalized spacial score (nSPS) is 18.2. The third-order valence-corrected chi connectivity index (χ3v) is 3.62. The second kappa shape index (κ2) is 7.55. The van der Waals surface area contributed by atoms with Crippen LogP contribution in [0.4, 0.5) is 8.78 Å². The monoisotopic (exact) mass is 284 g/mol. The lowest BCUT2D eigenvalue weighted by Gasteiger charge is -2.35. The molecule has 5 heteroatoms. The largest absolute Gasteiger partial charge is 0.435 e. The smallest absolute Gasteiger partial charge is 0.387 e. The molecular formula is C15H22F2N2O. The van der Waals surface area contributed by atoms with Crippen LogP contribution in [-0.2, 0) is 0 Å². The molecule has 1 aliphatic heterocycles. The van der Waals surface area contributed by atoms with Gasteiger partial charge in [-0.05, 0) is 24.1 Å². The quantitative estimate of drug-likeness (QED) is 0.869. The topological polar surface area (TPSA) is 24.5 Å². The van der Waals surface area contributed by atoms with Gasteiger partial charge < -0.3 is 10.1 Å². The van der Waals surface area contributed by atoms with Crippen LogP contribution in [0.2, 0.25) is 0 Å². The van der Waals surface area contributed by atoms with E-state index in [1.165, 1.54) is 0 Å². The Balaban J connectivity index is 2.15. The molecule has 1 fully saturated rings. The second-order valence-electron chi connectivity index (χ2n) is 5.04. The molecule has 112 valence electrons. The minimum absolute atomic E-state index is 0.244. The summed E-state index contributed by atoms with van der Waals surface area (Å²) in [6, 6.07) is 7.40. The molecule has 0 unspecified atom stereocenters. The van der Waals surface area contributed by atoms with Gasteiger partial charge in [0.15, 0.2) is 0 Å². The van der Waals surface area contributed by atoms with Gasteiger partial charge >= 0.3 is 6.61 Å². The molecule has 20 heavy (non-hydrogen) atoms. The minimum Gasteiger partial charge on any atom is -0.435 e. The molecule has 1 N–H and O–H groups in total. The minimum atomic E-state index is -2.77. The third kappa shape index (κ3) is 4.15. The highest BCUT2D eigenvalue weighted by atomic mass is 19.3. The number of nitrogens with zero attached hydrogens (tertiary/aromatic N) is 1. The summed E-state index contributed by atoms with van der Waals surface area (Å²) in [5.41, 5.74) is 1.06. The Morgan fingerprint density at radius 2 is 2.05 bits per heavy atom. The van der Waals surface area contributed by atoms with E-state index in [9.17, 15) is 8.78 Å². The Morgan fingerprint density at radius 1 is 1.30 bits per heavy atom. The molecule has 2 rings (SSSR count). The first-order chi connectivity index (χ1) is 9.70. The van der Waals surface area contributed by atoms with Crippen LogP contribution in [0, 0.1) is 0 Å². The van der Waals surface area contributed by atoms with Gasteiger partial charge in [0.25, 0.3) is 0 Å². The lowest BCUT2D eigenvalue weighted by molar-refractivity contribution is -0.0499. The molecule has 0 radical (unpaired) electrons. The first-order valence-corrected chi connectivity index (χ1v) is 7.20. The third-order valence-electron chi connectivity index (χ3n) is 3.62. The summed E-state index contributed by atoms with van der Waals surface area (Å²) in [6.45, 7) is 3.32.